The summed E-state index contributed by atoms with van der Waals surface area (Å²) in [5, 5.41) is 9.58. The number of carbonyl (C=O) groups is 2. The van der Waals surface area contributed by atoms with Crippen LogP contribution in [-0.4, -0.2) is 52.8 Å². The van der Waals surface area contributed by atoms with Crippen LogP contribution in [0.2, 0.25) is 0 Å². The number of piperazine rings is 1. The van der Waals surface area contributed by atoms with E-state index in [1.165, 1.54) is 0 Å². The molecule has 1 aliphatic rings. The number of rotatable bonds is 8. The van der Waals surface area contributed by atoms with Crippen LogP contribution < -0.4 is 0 Å². The molecule has 5 rings (SSSR count). The number of carboxylic acid groups (broad SMARTS) is 1. The number of nitrogens with zero attached hydrogens (tertiary/aromatic N) is 2. The van der Waals surface area contributed by atoms with Crippen molar-refractivity contribution < 1.29 is 19.4 Å². The highest BCUT2D eigenvalue weighted by molar-refractivity contribution is 5.78. The average Bonchev–Trinajstić information content (AvgIpc) is 2.98. The summed E-state index contributed by atoms with van der Waals surface area (Å²) >= 11 is 0. The fraction of sp³-hybridized carbons (Fsp3) is 0.212. The summed E-state index contributed by atoms with van der Waals surface area (Å²) in [7, 11) is 0. The van der Waals surface area contributed by atoms with Crippen molar-refractivity contribution in [1.82, 2.24) is 9.80 Å². The largest absolute Gasteiger partial charge is 0.507 e. The molecule has 1 fully saturated rings. The van der Waals surface area contributed by atoms with Crippen LogP contribution >= 0.6 is 0 Å². The van der Waals surface area contributed by atoms with Gasteiger partial charge in [-0.2, -0.15) is 0 Å². The van der Waals surface area contributed by atoms with Gasteiger partial charge >= 0.3 is 6.16 Å². The lowest BCUT2D eigenvalue weighted by Gasteiger charge is -2.43. The zero-order valence-electron chi connectivity index (χ0n) is 21.7. The molecule has 4 aromatic carbocycles. The number of hydrogen-bond donors (Lipinski definition) is 1. The van der Waals surface area contributed by atoms with Crippen molar-refractivity contribution in [2.24, 2.45) is 0 Å². The fourth-order valence-electron chi connectivity index (χ4n) is 5.48. The van der Waals surface area contributed by atoms with Crippen molar-refractivity contribution in [3.8, 4) is 0 Å². The second-order valence-electron chi connectivity index (χ2n) is 9.72. The van der Waals surface area contributed by atoms with Gasteiger partial charge in [0.1, 0.15) is 0 Å². The van der Waals surface area contributed by atoms with E-state index >= 15 is 0 Å². The van der Waals surface area contributed by atoms with E-state index in [9.17, 15) is 14.7 Å². The molecule has 0 spiro atoms. The summed E-state index contributed by atoms with van der Waals surface area (Å²) in [6, 6.07) is 40.1. The summed E-state index contributed by atoms with van der Waals surface area (Å²) in [4.78, 5) is 29.3. The molecule has 1 atom stereocenters. The Balaban J connectivity index is 1.41. The minimum atomic E-state index is -1.39. The molecule has 1 unspecified atom stereocenters. The van der Waals surface area contributed by atoms with Gasteiger partial charge in [-0.3, -0.25) is 9.69 Å². The molecule has 1 amide bonds. The SMILES string of the molecule is O=C(O)OC1CN(C(c2ccccc2)c2ccccc2)CCN1C(=O)CC(c1ccccc1)c1ccccc1. The molecule has 0 aromatic heterocycles. The summed E-state index contributed by atoms with van der Waals surface area (Å²) in [5.74, 6) is -0.278. The Morgan fingerprint density at radius 3 is 1.56 bits per heavy atom. The highest BCUT2D eigenvalue weighted by Crippen LogP contribution is 2.33. The van der Waals surface area contributed by atoms with Crippen molar-refractivity contribution in [2.75, 3.05) is 19.6 Å². The van der Waals surface area contributed by atoms with Gasteiger partial charge in [0.05, 0.1) is 12.6 Å². The first-order chi connectivity index (χ1) is 19.1. The molecule has 39 heavy (non-hydrogen) atoms. The monoisotopic (exact) mass is 520 g/mol. The number of hydrogen-bond acceptors (Lipinski definition) is 4. The van der Waals surface area contributed by atoms with E-state index < -0.39 is 12.4 Å². The van der Waals surface area contributed by atoms with Gasteiger partial charge in [-0.1, -0.05) is 121 Å². The molecule has 0 aliphatic carbocycles. The Labute approximate surface area is 229 Å². The van der Waals surface area contributed by atoms with E-state index in [4.69, 9.17) is 4.74 Å². The van der Waals surface area contributed by atoms with E-state index in [0.717, 1.165) is 22.3 Å². The van der Waals surface area contributed by atoms with Crippen molar-refractivity contribution in [3.63, 3.8) is 0 Å². The first kappa shape index (κ1) is 26.2. The molecular formula is C33H32N2O4. The number of benzene rings is 4. The van der Waals surface area contributed by atoms with Crippen LogP contribution in [-0.2, 0) is 9.53 Å². The van der Waals surface area contributed by atoms with Crippen LogP contribution in [0.3, 0.4) is 0 Å². The summed E-state index contributed by atoms with van der Waals surface area (Å²) < 4.78 is 5.35. The first-order valence-electron chi connectivity index (χ1n) is 13.2. The fourth-order valence-corrected chi connectivity index (χ4v) is 5.48. The Morgan fingerprint density at radius 1 is 0.692 bits per heavy atom. The first-order valence-corrected chi connectivity index (χ1v) is 13.2. The third-order valence-corrected chi connectivity index (χ3v) is 7.30. The molecule has 6 nitrogen and oxygen atoms in total. The van der Waals surface area contributed by atoms with Gasteiger partial charge in [-0.25, -0.2) is 4.79 Å². The van der Waals surface area contributed by atoms with E-state index in [1.807, 2.05) is 97.1 Å². The minimum Gasteiger partial charge on any atom is -0.450 e. The third-order valence-electron chi connectivity index (χ3n) is 7.30. The maximum Gasteiger partial charge on any atom is 0.507 e. The number of ether oxygens (including phenoxy) is 1. The molecule has 1 N–H and O–H groups in total. The van der Waals surface area contributed by atoms with Crippen molar-refractivity contribution >= 4 is 12.1 Å². The van der Waals surface area contributed by atoms with Gasteiger partial charge in [0.2, 0.25) is 5.91 Å². The predicted octanol–water partition coefficient (Wildman–Crippen LogP) is 6.16. The second-order valence-corrected chi connectivity index (χ2v) is 9.72. The number of carbonyl (C=O) groups excluding carboxylic acids is 1. The Kier molecular flexibility index (Phi) is 8.34. The molecule has 1 heterocycles. The zero-order valence-corrected chi connectivity index (χ0v) is 21.7. The predicted molar refractivity (Wildman–Crippen MR) is 150 cm³/mol. The van der Waals surface area contributed by atoms with Gasteiger partial charge in [0.25, 0.3) is 0 Å². The van der Waals surface area contributed by atoms with Crippen LogP contribution in [0.15, 0.2) is 121 Å². The van der Waals surface area contributed by atoms with Gasteiger partial charge in [-0.05, 0) is 22.3 Å². The van der Waals surface area contributed by atoms with Crippen molar-refractivity contribution in [1.29, 1.82) is 0 Å². The summed E-state index contributed by atoms with van der Waals surface area (Å²) in [6.07, 6.45) is -2.09. The summed E-state index contributed by atoms with van der Waals surface area (Å²) in [5.41, 5.74) is 4.29. The highest BCUT2D eigenvalue weighted by Gasteiger charge is 2.37. The van der Waals surface area contributed by atoms with Crippen LogP contribution in [0.25, 0.3) is 0 Å². The Bertz CT molecular complexity index is 1270. The topological polar surface area (TPSA) is 70.1 Å². The second kappa shape index (κ2) is 12.4. The number of amides is 1. The molecule has 0 saturated carbocycles. The minimum absolute atomic E-state index is 0.0917. The molecule has 198 valence electrons. The molecule has 4 aromatic rings. The zero-order chi connectivity index (χ0) is 27.0. The molecule has 1 saturated heterocycles. The molecule has 6 heteroatoms. The van der Waals surface area contributed by atoms with Gasteiger partial charge in [-0.15, -0.1) is 0 Å². The third kappa shape index (κ3) is 6.36. The van der Waals surface area contributed by atoms with Crippen LogP contribution in [0.1, 0.15) is 40.6 Å². The smallest absolute Gasteiger partial charge is 0.450 e. The standard InChI is InChI=1S/C33H32N2O4/c36-30(23-29(25-13-5-1-6-14-25)26-15-7-2-8-16-26)35-22-21-34(24-31(35)39-33(37)38)32(27-17-9-3-10-18-27)28-19-11-4-12-20-28/h1-20,29,31-32H,21-24H2,(H,37,38). The van der Waals surface area contributed by atoms with Crippen LogP contribution in [0, 0.1) is 0 Å². The highest BCUT2D eigenvalue weighted by atomic mass is 16.7. The maximum absolute atomic E-state index is 13.8. The molecule has 0 radical (unpaired) electrons. The van der Waals surface area contributed by atoms with E-state index in [2.05, 4.69) is 29.2 Å². The molecule has 1 aliphatic heterocycles. The maximum atomic E-state index is 13.8. The average molecular weight is 521 g/mol. The Morgan fingerprint density at radius 2 is 1.13 bits per heavy atom. The normalized spacial score (nSPS) is 15.8. The van der Waals surface area contributed by atoms with Crippen LogP contribution in [0.5, 0.6) is 0 Å². The summed E-state index contributed by atoms with van der Waals surface area (Å²) in [6.45, 7) is 1.22. The van der Waals surface area contributed by atoms with Gasteiger partial charge in [0, 0.05) is 25.4 Å². The lowest BCUT2D eigenvalue weighted by Crippen LogP contribution is -2.57. The van der Waals surface area contributed by atoms with Crippen LogP contribution in [0.4, 0.5) is 4.79 Å². The quantitative estimate of drug-likeness (QED) is 0.282. The van der Waals surface area contributed by atoms with Gasteiger partial charge in [0.15, 0.2) is 6.23 Å². The van der Waals surface area contributed by atoms with Crippen molar-refractivity contribution in [2.45, 2.75) is 24.6 Å². The molecule has 0 bridgehead atoms. The van der Waals surface area contributed by atoms with E-state index in [0.29, 0.717) is 13.1 Å². The molecular weight excluding hydrogens is 488 g/mol. The van der Waals surface area contributed by atoms with E-state index in [-0.39, 0.29) is 30.8 Å². The lowest BCUT2D eigenvalue weighted by atomic mass is 9.88. The van der Waals surface area contributed by atoms with E-state index in [1.54, 1.807) is 4.90 Å². The Hall–Kier alpha value is -4.42. The van der Waals surface area contributed by atoms with Crippen molar-refractivity contribution in [3.05, 3.63) is 144 Å². The lowest BCUT2D eigenvalue weighted by molar-refractivity contribution is -0.150. The van der Waals surface area contributed by atoms with Gasteiger partial charge < -0.3 is 14.7 Å².